The van der Waals surface area contributed by atoms with E-state index in [9.17, 15) is 28.9 Å². The molecule has 0 aliphatic heterocycles. The number of unbranched alkanes of at least 4 members (excludes halogenated alkanes) is 32. The molecule has 2 N–H and O–H groups in total. The standard InChI is InChI=1S/C62H113O11P/c1-4-7-10-13-16-19-22-25-28-29-32-33-36-39-42-45-48-51-60(64)69-55-59(73-62(66)53-50-47-44-41-38-35-31-27-24-21-18-15-12-9-6-3)57-71-74(67,68)70-56-58(54-63)72-61(65)52-49-46-43-40-37-34-30-26-23-20-17-14-11-8-5-2/h9,12,18,21,26-27,30-31,58-59,63H,4-8,10-11,13-17,19-20,22-25,28-29,32-57H2,1-3H3,(H,67,68)/b12-9-,21-18-,30-26-,31-27-. The summed E-state index contributed by atoms with van der Waals surface area (Å²) >= 11 is 0. The highest BCUT2D eigenvalue weighted by molar-refractivity contribution is 7.47. The summed E-state index contributed by atoms with van der Waals surface area (Å²) in [5.41, 5.74) is 0. The lowest BCUT2D eigenvalue weighted by Crippen LogP contribution is -2.30. The van der Waals surface area contributed by atoms with Gasteiger partial charge in [-0.25, -0.2) is 4.57 Å². The molecule has 0 spiro atoms. The van der Waals surface area contributed by atoms with Gasteiger partial charge in [-0.2, -0.15) is 0 Å². The number of phosphoric acid groups is 1. The summed E-state index contributed by atoms with van der Waals surface area (Å²) in [7, 11) is -4.75. The van der Waals surface area contributed by atoms with Crippen LogP contribution in [0.25, 0.3) is 0 Å². The Bertz CT molecular complexity index is 1430. The fourth-order valence-corrected chi connectivity index (χ4v) is 9.39. The highest BCUT2D eigenvalue weighted by Crippen LogP contribution is 2.43. The van der Waals surface area contributed by atoms with Gasteiger partial charge in [0.05, 0.1) is 19.8 Å². The number of allylic oxidation sites excluding steroid dienone is 8. The van der Waals surface area contributed by atoms with Crippen LogP contribution in [0.4, 0.5) is 0 Å². The second kappa shape index (κ2) is 56.6. The van der Waals surface area contributed by atoms with Crippen LogP contribution in [0.2, 0.25) is 0 Å². The Hall–Kier alpha value is -2.56. The van der Waals surface area contributed by atoms with Crippen molar-refractivity contribution in [3.05, 3.63) is 48.6 Å². The normalized spacial score (nSPS) is 13.6. The van der Waals surface area contributed by atoms with E-state index in [1.165, 1.54) is 122 Å². The van der Waals surface area contributed by atoms with Crippen LogP contribution in [0.1, 0.15) is 290 Å². The van der Waals surface area contributed by atoms with Crippen LogP contribution in [0.5, 0.6) is 0 Å². The Morgan fingerprint density at radius 2 is 0.703 bits per heavy atom. The van der Waals surface area contributed by atoms with Crippen molar-refractivity contribution in [2.24, 2.45) is 0 Å². The molecule has 0 heterocycles. The van der Waals surface area contributed by atoms with E-state index >= 15 is 0 Å². The van der Waals surface area contributed by atoms with Crippen LogP contribution in [-0.2, 0) is 42.2 Å². The van der Waals surface area contributed by atoms with E-state index in [0.717, 1.165) is 109 Å². The lowest BCUT2D eigenvalue weighted by atomic mass is 10.0. The third-order valence-corrected chi connectivity index (χ3v) is 14.2. The van der Waals surface area contributed by atoms with E-state index in [0.29, 0.717) is 19.3 Å². The van der Waals surface area contributed by atoms with E-state index < -0.39 is 57.8 Å². The average molecular weight is 1070 g/mol. The van der Waals surface area contributed by atoms with Crippen molar-refractivity contribution in [1.82, 2.24) is 0 Å². The Morgan fingerprint density at radius 3 is 1.09 bits per heavy atom. The molecule has 0 aromatic carbocycles. The second-order valence-corrected chi connectivity index (χ2v) is 21.9. The van der Waals surface area contributed by atoms with Crippen molar-refractivity contribution in [2.75, 3.05) is 26.4 Å². The predicted octanol–water partition coefficient (Wildman–Crippen LogP) is 18.1. The van der Waals surface area contributed by atoms with Gasteiger partial charge >= 0.3 is 25.7 Å². The first-order valence-electron chi connectivity index (χ1n) is 30.5. The molecule has 0 radical (unpaired) electrons. The highest BCUT2D eigenvalue weighted by Gasteiger charge is 2.28. The number of carbonyl (C=O) groups excluding carboxylic acids is 3. The zero-order chi connectivity index (χ0) is 54.1. The molecule has 0 amide bonds. The first-order valence-corrected chi connectivity index (χ1v) is 32.0. The third kappa shape index (κ3) is 54.2. The molecule has 432 valence electrons. The second-order valence-electron chi connectivity index (χ2n) is 20.5. The minimum absolute atomic E-state index is 0.150. The van der Waals surface area contributed by atoms with Crippen molar-refractivity contribution in [1.29, 1.82) is 0 Å². The molecule has 0 aliphatic carbocycles. The van der Waals surface area contributed by atoms with Gasteiger partial charge in [0.25, 0.3) is 0 Å². The fourth-order valence-electron chi connectivity index (χ4n) is 8.60. The van der Waals surface area contributed by atoms with E-state index in [1.54, 1.807) is 0 Å². The Morgan fingerprint density at radius 1 is 0.392 bits per heavy atom. The van der Waals surface area contributed by atoms with Gasteiger partial charge in [0, 0.05) is 19.3 Å². The van der Waals surface area contributed by atoms with E-state index in [2.05, 4.69) is 69.4 Å². The molecule has 0 aromatic rings. The molecule has 0 bridgehead atoms. The van der Waals surface area contributed by atoms with Crippen LogP contribution >= 0.6 is 7.82 Å². The van der Waals surface area contributed by atoms with Crippen molar-refractivity contribution < 1.29 is 52.2 Å². The van der Waals surface area contributed by atoms with E-state index in [4.69, 9.17) is 23.3 Å². The molecule has 0 aliphatic rings. The topological polar surface area (TPSA) is 155 Å². The van der Waals surface area contributed by atoms with Crippen LogP contribution in [0.3, 0.4) is 0 Å². The van der Waals surface area contributed by atoms with Gasteiger partial charge < -0.3 is 24.2 Å². The summed E-state index contributed by atoms with van der Waals surface area (Å²) in [6.45, 7) is 4.55. The van der Waals surface area contributed by atoms with Crippen molar-refractivity contribution in [2.45, 2.75) is 303 Å². The maximum atomic E-state index is 12.9. The fraction of sp³-hybridized carbons (Fsp3) is 0.823. The molecule has 3 unspecified atom stereocenters. The molecule has 3 atom stereocenters. The van der Waals surface area contributed by atoms with Gasteiger partial charge in [-0.3, -0.25) is 23.4 Å². The Kier molecular flexibility index (Phi) is 54.7. The molecular weight excluding hydrogens is 952 g/mol. The maximum absolute atomic E-state index is 12.9. The minimum Gasteiger partial charge on any atom is -0.462 e. The number of rotatable bonds is 57. The highest BCUT2D eigenvalue weighted by atomic mass is 31.2. The average Bonchev–Trinajstić information content (AvgIpc) is 3.39. The number of ether oxygens (including phenoxy) is 3. The zero-order valence-corrected chi connectivity index (χ0v) is 48.7. The monoisotopic (exact) mass is 1060 g/mol. The van der Waals surface area contributed by atoms with E-state index in [1.807, 2.05) is 0 Å². The number of carbonyl (C=O) groups is 3. The Labute approximate surface area is 453 Å². The smallest absolute Gasteiger partial charge is 0.462 e. The Balaban J connectivity index is 4.70. The summed E-state index contributed by atoms with van der Waals surface area (Å²) in [5.74, 6) is -1.47. The van der Waals surface area contributed by atoms with Crippen molar-refractivity contribution in [3.8, 4) is 0 Å². The van der Waals surface area contributed by atoms with Crippen LogP contribution < -0.4 is 0 Å². The van der Waals surface area contributed by atoms with Gasteiger partial charge in [-0.15, -0.1) is 0 Å². The lowest BCUT2D eigenvalue weighted by Gasteiger charge is -2.21. The van der Waals surface area contributed by atoms with Crippen LogP contribution in [0, 0.1) is 0 Å². The number of esters is 3. The van der Waals surface area contributed by atoms with Crippen molar-refractivity contribution in [3.63, 3.8) is 0 Å². The summed E-state index contributed by atoms with van der Waals surface area (Å²) in [6.07, 6.45) is 60.6. The molecule has 0 saturated carbocycles. The first kappa shape index (κ1) is 71.4. The molecule has 11 nitrogen and oxygen atoms in total. The minimum atomic E-state index is -4.75. The quantitative estimate of drug-likeness (QED) is 0.0197. The lowest BCUT2D eigenvalue weighted by molar-refractivity contribution is -0.161. The molecule has 0 aromatic heterocycles. The van der Waals surface area contributed by atoms with Crippen LogP contribution in [-0.4, -0.2) is 66.5 Å². The van der Waals surface area contributed by atoms with Gasteiger partial charge in [0.2, 0.25) is 0 Å². The number of phosphoric ester groups is 1. The number of aliphatic hydroxyl groups is 1. The van der Waals surface area contributed by atoms with Gasteiger partial charge in [0.1, 0.15) is 12.7 Å². The predicted molar refractivity (Wildman–Crippen MR) is 307 cm³/mol. The molecule has 0 fully saturated rings. The molecule has 0 rings (SSSR count). The van der Waals surface area contributed by atoms with E-state index in [-0.39, 0.29) is 25.9 Å². The van der Waals surface area contributed by atoms with Crippen molar-refractivity contribution >= 4 is 25.7 Å². The largest absolute Gasteiger partial charge is 0.472 e. The molecule has 0 saturated heterocycles. The first-order chi connectivity index (χ1) is 36.2. The summed E-state index contributed by atoms with van der Waals surface area (Å²) in [6, 6.07) is 0. The van der Waals surface area contributed by atoms with Crippen LogP contribution in [0.15, 0.2) is 48.6 Å². The maximum Gasteiger partial charge on any atom is 0.472 e. The molecule has 74 heavy (non-hydrogen) atoms. The number of hydrogen-bond acceptors (Lipinski definition) is 10. The number of aliphatic hydroxyl groups excluding tert-OH is 1. The molecular formula is C62H113O11P. The zero-order valence-electron chi connectivity index (χ0n) is 47.8. The van der Waals surface area contributed by atoms with Gasteiger partial charge in [-0.05, 0) is 77.0 Å². The summed E-state index contributed by atoms with van der Waals surface area (Å²) < 4.78 is 39.6. The van der Waals surface area contributed by atoms with Gasteiger partial charge in [0.15, 0.2) is 6.10 Å². The summed E-state index contributed by atoms with van der Waals surface area (Å²) in [4.78, 5) is 48.6. The van der Waals surface area contributed by atoms with Gasteiger partial charge in [-0.1, -0.05) is 243 Å². The summed E-state index contributed by atoms with van der Waals surface area (Å²) in [5, 5.41) is 9.83. The number of hydrogen-bond donors (Lipinski definition) is 2. The SMILES string of the molecule is CC/C=C\C/C=C\C/C=C\CCCCCCCC(=O)OC(COC(=O)CCCCCCCCCCCCCCCCCCC)COP(=O)(O)OCC(CO)OC(=O)CCCCCCC/C=C\CCCCCCCC. The molecule has 12 heteroatoms. The third-order valence-electron chi connectivity index (χ3n) is 13.2.